The highest BCUT2D eigenvalue weighted by Gasteiger charge is 2.44. The molecule has 0 unspecified atom stereocenters. The number of thiophene rings is 1. The van der Waals surface area contributed by atoms with Crippen LogP contribution in [0.25, 0.3) is 0 Å². The Hall–Kier alpha value is -3.54. The number of para-hydroxylation sites is 1. The van der Waals surface area contributed by atoms with E-state index < -0.39 is 47.1 Å². The maximum Gasteiger partial charge on any atom is 0.413 e. The average molecular weight is 454 g/mol. The summed E-state index contributed by atoms with van der Waals surface area (Å²) in [4.78, 5) is 37.7. The van der Waals surface area contributed by atoms with Gasteiger partial charge < -0.3 is 20.6 Å². The number of amides is 3. The predicted octanol–water partition coefficient (Wildman–Crippen LogP) is 2.33. The molecular weight excluding hydrogens is 437 g/mol. The lowest BCUT2D eigenvalue weighted by Crippen LogP contribution is -2.36. The van der Waals surface area contributed by atoms with Crippen LogP contribution in [0.2, 0.25) is 0 Å². The molecular formula is C19H17F3N4O4S. The van der Waals surface area contributed by atoms with Gasteiger partial charge in [0.15, 0.2) is 11.8 Å². The van der Waals surface area contributed by atoms with Crippen LogP contribution >= 0.6 is 11.3 Å². The van der Waals surface area contributed by atoms with Gasteiger partial charge >= 0.3 is 6.18 Å². The van der Waals surface area contributed by atoms with Crippen molar-refractivity contribution in [1.82, 2.24) is 15.5 Å². The Labute approximate surface area is 178 Å². The quantitative estimate of drug-likeness (QED) is 0.394. The summed E-state index contributed by atoms with van der Waals surface area (Å²) in [5.41, 5.74) is -1.38. The smallest absolute Gasteiger partial charge is 0.413 e. The van der Waals surface area contributed by atoms with Crippen LogP contribution in [0.4, 0.5) is 18.9 Å². The standard InChI is InChI=1S/C19H17F3N4O4S/c1-26(2)18(30)9-5-3-6-10(14(9)27)23-12-13(17(29)25-16(12)28)24-15(19(20,21)22)11-7-4-8-31-11/h3-8,15,27H,1-2H3,(H3,23,24,25,28,29)/t15-/m0/s1. The molecule has 2 heterocycles. The molecule has 4 N–H and O–H groups in total. The van der Waals surface area contributed by atoms with Gasteiger partial charge in [0.05, 0.1) is 11.3 Å². The van der Waals surface area contributed by atoms with Crippen molar-refractivity contribution in [3.63, 3.8) is 0 Å². The highest BCUT2D eigenvalue weighted by molar-refractivity contribution is 7.10. The molecule has 164 valence electrons. The van der Waals surface area contributed by atoms with Gasteiger partial charge in [0, 0.05) is 19.0 Å². The third kappa shape index (κ3) is 4.48. The van der Waals surface area contributed by atoms with E-state index in [0.29, 0.717) is 0 Å². The predicted molar refractivity (Wildman–Crippen MR) is 106 cm³/mol. The minimum absolute atomic E-state index is 0.0957. The zero-order chi connectivity index (χ0) is 22.9. The van der Waals surface area contributed by atoms with Crippen LogP contribution in [-0.2, 0) is 9.59 Å². The summed E-state index contributed by atoms with van der Waals surface area (Å²) >= 11 is 0.835. The Kier molecular flexibility index (Phi) is 5.93. The first kappa shape index (κ1) is 22.2. The van der Waals surface area contributed by atoms with Crippen molar-refractivity contribution in [2.45, 2.75) is 12.2 Å². The highest BCUT2D eigenvalue weighted by atomic mass is 32.1. The van der Waals surface area contributed by atoms with E-state index in [9.17, 15) is 32.7 Å². The fraction of sp³-hybridized carbons (Fsp3) is 0.211. The van der Waals surface area contributed by atoms with E-state index in [-0.39, 0.29) is 16.1 Å². The number of rotatable bonds is 6. The van der Waals surface area contributed by atoms with Crippen LogP contribution in [0, 0.1) is 0 Å². The van der Waals surface area contributed by atoms with E-state index in [4.69, 9.17) is 0 Å². The summed E-state index contributed by atoms with van der Waals surface area (Å²) in [7, 11) is 2.94. The second kappa shape index (κ2) is 8.30. The molecule has 1 atom stereocenters. The van der Waals surface area contributed by atoms with Crippen molar-refractivity contribution in [2.75, 3.05) is 19.4 Å². The number of imide groups is 1. The topological polar surface area (TPSA) is 111 Å². The number of halogens is 3. The van der Waals surface area contributed by atoms with Crippen molar-refractivity contribution >= 4 is 34.7 Å². The number of hydrogen-bond donors (Lipinski definition) is 4. The number of phenols is 1. The van der Waals surface area contributed by atoms with Gasteiger partial charge in [-0.15, -0.1) is 11.3 Å². The molecule has 3 rings (SSSR count). The molecule has 0 radical (unpaired) electrons. The largest absolute Gasteiger partial charge is 0.505 e. The molecule has 3 amide bonds. The van der Waals surface area contributed by atoms with Gasteiger partial charge in [-0.3, -0.25) is 19.7 Å². The normalized spacial score (nSPS) is 15.0. The highest BCUT2D eigenvalue weighted by Crippen LogP contribution is 2.37. The molecule has 2 aromatic rings. The van der Waals surface area contributed by atoms with E-state index in [0.717, 1.165) is 11.3 Å². The van der Waals surface area contributed by atoms with Crippen LogP contribution in [0.3, 0.4) is 0 Å². The number of benzene rings is 1. The average Bonchev–Trinajstić information content (AvgIpc) is 3.28. The second-order valence-electron chi connectivity index (χ2n) is 6.69. The van der Waals surface area contributed by atoms with Crippen molar-refractivity contribution in [3.8, 4) is 5.75 Å². The number of aromatic hydroxyl groups is 1. The first-order chi connectivity index (χ1) is 14.5. The third-order valence-corrected chi connectivity index (χ3v) is 5.24. The van der Waals surface area contributed by atoms with Crippen LogP contribution in [0.1, 0.15) is 21.3 Å². The summed E-state index contributed by atoms with van der Waals surface area (Å²) in [6, 6.07) is 4.51. The Morgan fingerprint density at radius 1 is 1.13 bits per heavy atom. The number of nitrogens with one attached hydrogen (secondary N) is 3. The maximum atomic E-state index is 13.6. The molecule has 1 aromatic carbocycles. The van der Waals surface area contributed by atoms with E-state index in [1.807, 2.05) is 5.32 Å². The molecule has 0 bridgehead atoms. The van der Waals surface area contributed by atoms with Crippen LogP contribution in [0.15, 0.2) is 47.1 Å². The SMILES string of the molecule is CN(C)C(=O)c1cccc(NC2=C(N[C@@H](c3cccs3)C(F)(F)F)C(=O)NC2=O)c1O. The Morgan fingerprint density at radius 3 is 2.39 bits per heavy atom. The van der Waals surface area contributed by atoms with E-state index in [1.165, 1.54) is 54.7 Å². The van der Waals surface area contributed by atoms with Gasteiger partial charge in [-0.05, 0) is 23.6 Å². The first-order valence-electron chi connectivity index (χ1n) is 8.78. The summed E-state index contributed by atoms with van der Waals surface area (Å²) in [5.74, 6) is -3.09. The number of carbonyl (C=O) groups excluding carboxylic acids is 3. The lowest BCUT2D eigenvalue weighted by Gasteiger charge is -2.22. The van der Waals surface area contributed by atoms with Crippen molar-refractivity contribution in [1.29, 1.82) is 0 Å². The molecule has 1 aromatic heterocycles. The van der Waals surface area contributed by atoms with Gasteiger partial charge in [0.25, 0.3) is 17.7 Å². The van der Waals surface area contributed by atoms with E-state index >= 15 is 0 Å². The minimum Gasteiger partial charge on any atom is -0.505 e. The summed E-state index contributed by atoms with van der Waals surface area (Å²) in [6.45, 7) is 0. The molecule has 31 heavy (non-hydrogen) atoms. The summed E-state index contributed by atoms with van der Waals surface area (Å²) < 4.78 is 40.8. The Balaban J connectivity index is 2.00. The summed E-state index contributed by atoms with van der Waals surface area (Å²) in [6.07, 6.45) is -4.75. The number of phenolic OH excluding ortho intramolecular Hbond substituents is 1. The maximum absolute atomic E-state index is 13.6. The van der Waals surface area contributed by atoms with E-state index in [2.05, 4.69) is 10.6 Å². The van der Waals surface area contributed by atoms with Crippen LogP contribution in [-0.4, -0.2) is 48.0 Å². The molecule has 12 heteroatoms. The van der Waals surface area contributed by atoms with Gasteiger partial charge in [-0.1, -0.05) is 12.1 Å². The fourth-order valence-corrected chi connectivity index (χ4v) is 3.62. The van der Waals surface area contributed by atoms with Crippen molar-refractivity contribution in [2.24, 2.45) is 0 Å². The molecule has 0 fully saturated rings. The van der Waals surface area contributed by atoms with Gasteiger partial charge in [-0.25, -0.2) is 0 Å². The second-order valence-corrected chi connectivity index (χ2v) is 7.67. The number of nitrogens with zero attached hydrogens (tertiary/aromatic N) is 1. The van der Waals surface area contributed by atoms with E-state index in [1.54, 1.807) is 0 Å². The molecule has 8 nitrogen and oxygen atoms in total. The third-order valence-electron chi connectivity index (χ3n) is 4.31. The Bertz CT molecular complexity index is 1060. The number of hydrogen-bond acceptors (Lipinski definition) is 7. The van der Waals surface area contributed by atoms with Crippen LogP contribution in [0.5, 0.6) is 5.75 Å². The number of carbonyl (C=O) groups is 3. The van der Waals surface area contributed by atoms with Crippen molar-refractivity contribution in [3.05, 3.63) is 57.5 Å². The first-order valence-corrected chi connectivity index (χ1v) is 9.66. The molecule has 0 aliphatic carbocycles. The lowest BCUT2D eigenvalue weighted by atomic mass is 10.1. The zero-order valence-electron chi connectivity index (χ0n) is 16.2. The molecule has 0 saturated heterocycles. The van der Waals surface area contributed by atoms with Gasteiger partial charge in [0.1, 0.15) is 11.4 Å². The van der Waals surface area contributed by atoms with Crippen molar-refractivity contribution < 1.29 is 32.7 Å². The van der Waals surface area contributed by atoms with Gasteiger partial charge in [-0.2, -0.15) is 13.2 Å². The zero-order valence-corrected chi connectivity index (χ0v) is 17.0. The molecule has 0 saturated carbocycles. The minimum atomic E-state index is -4.75. The van der Waals surface area contributed by atoms with Gasteiger partial charge in [0.2, 0.25) is 0 Å². The molecule has 1 aliphatic heterocycles. The fourth-order valence-electron chi connectivity index (χ4n) is 2.82. The monoisotopic (exact) mass is 454 g/mol. The molecule has 0 spiro atoms. The summed E-state index contributed by atoms with van der Waals surface area (Å²) in [5, 5.41) is 18.4. The number of anilines is 1. The number of alkyl halides is 3. The Morgan fingerprint density at radius 2 is 1.81 bits per heavy atom. The van der Waals surface area contributed by atoms with Crippen LogP contribution < -0.4 is 16.0 Å². The lowest BCUT2D eigenvalue weighted by molar-refractivity contribution is -0.155. The molecule has 1 aliphatic rings.